The highest BCUT2D eigenvalue weighted by atomic mass is 35.5. The van der Waals surface area contributed by atoms with E-state index in [1.54, 1.807) is 8.61 Å². The first kappa shape index (κ1) is 16.5. The average Bonchev–Trinajstić information content (AvgIpc) is 2.47. The average molecular weight is 324 g/mol. The van der Waals surface area contributed by atoms with Crippen molar-refractivity contribution in [2.24, 2.45) is 0 Å². The molecule has 2 fully saturated rings. The zero-order valence-corrected chi connectivity index (χ0v) is 14.0. The summed E-state index contributed by atoms with van der Waals surface area (Å²) >= 11 is 5.97. The molecule has 2 atom stereocenters. The molecule has 20 heavy (non-hydrogen) atoms. The van der Waals surface area contributed by atoms with E-state index < -0.39 is 10.2 Å². The molecule has 7 heteroatoms. The molecule has 0 aliphatic carbocycles. The summed E-state index contributed by atoms with van der Waals surface area (Å²) in [5, 5.41) is 0. The molecule has 2 heterocycles. The molecule has 118 valence electrons. The Balaban J connectivity index is 2.13. The van der Waals surface area contributed by atoms with E-state index in [0.29, 0.717) is 31.6 Å². The molecule has 2 unspecified atom stereocenters. The van der Waals surface area contributed by atoms with Gasteiger partial charge in [0.2, 0.25) is 0 Å². The molecular weight excluding hydrogens is 298 g/mol. The lowest BCUT2D eigenvalue weighted by Crippen LogP contribution is -2.58. The Morgan fingerprint density at radius 1 is 1.15 bits per heavy atom. The van der Waals surface area contributed by atoms with Gasteiger partial charge in [0, 0.05) is 44.1 Å². The van der Waals surface area contributed by atoms with E-state index in [1.165, 1.54) is 0 Å². The fraction of sp³-hybridized carbons (Fsp3) is 1.00. The van der Waals surface area contributed by atoms with Crippen LogP contribution in [0, 0.1) is 0 Å². The van der Waals surface area contributed by atoms with Crippen molar-refractivity contribution >= 4 is 21.8 Å². The van der Waals surface area contributed by atoms with Crippen molar-refractivity contribution in [1.29, 1.82) is 0 Å². The van der Waals surface area contributed by atoms with Gasteiger partial charge in [-0.1, -0.05) is 13.3 Å². The lowest BCUT2D eigenvalue weighted by atomic mass is 10.1. The Labute approximate surface area is 128 Å². The number of piperazine rings is 1. The van der Waals surface area contributed by atoms with Crippen molar-refractivity contribution in [2.45, 2.75) is 44.7 Å². The quantitative estimate of drug-likeness (QED) is 0.734. The minimum Gasteiger partial charge on any atom is -0.301 e. The van der Waals surface area contributed by atoms with E-state index >= 15 is 0 Å². The Hall–Kier alpha value is 0.120. The molecule has 2 rings (SSSR count). The SMILES string of the molecule is CCC1CN(S(=O)(=O)N2CCCCC2CCl)CCN1C. The number of alkyl halides is 1. The third-order valence-electron chi connectivity index (χ3n) is 4.58. The van der Waals surface area contributed by atoms with Crippen molar-refractivity contribution in [3.63, 3.8) is 0 Å². The second-order valence-electron chi connectivity index (χ2n) is 5.82. The summed E-state index contributed by atoms with van der Waals surface area (Å²) < 4.78 is 29.0. The van der Waals surface area contributed by atoms with Crippen LogP contribution >= 0.6 is 11.6 Å². The molecule has 2 aliphatic rings. The van der Waals surface area contributed by atoms with Crippen molar-refractivity contribution < 1.29 is 8.42 Å². The van der Waals surface area contributed by atoms with Gasteiger partial charge in [-0.05, 0) is 26.3 Å². The first-order valence-electron chi connectivity index (χ1n) is 7.53. The van der Waals surface area contributed by atoms with E-state index in [9.17, 15) is 8.42 Å². The number of hydrogen-bond acceptors (Lipinski definition) is 3. The smallest absolute Gasteiger partial charge is 0.282 e. The second kappa shape index (κ2) is 6.92. The highest BCUT2D eigenvalue weighted by molar-refractivity contribution is 7.86. The van der Waals surface area contributed by atoms with Crippen LogP contribution in [0.5, 0.6) is 0 Å². The molecular formula is C13H26ClN3O2S. The third kappa shape index (κ3) is 3.30. The zero-order chi connectivity index (χ0) is 14.8. The molecule has 0 saturated carbocycles. The van der Waals surface area contributed by atoms with Gasteiger partial charge in [-0.15, -0.1) is 11.6 Å². The van der Waals surface area contributed by atoms with Crippen LogP contribution in [0.4, 0.5) is 0 Å². The van der Waals surface area contributed by atoms with Gasteiger partial charge in [-0.2, -0.15) is 17.0 Å². The maximum Gasteiger partial charge on any atom is 0.282 e. The predicted octanol–water partition coefficient (Wildman–Crippen LogP) is 1.35. The second-order valence-corrected chi connectivity index (χ2v) is 8.01. The van der Waals surface area contributed by atoms with Gasteiger partial charge in [-0.25, -0.2) is 0 Å². The zero-order valence-electron chi connectivity index (χ0n) is 12.5. The number of rotatable bonds is 4. The molecule has 2 saturated heterocycles. The highest BCUT2D eigenvalue weighted by Gasteiger charge is 2.38. The summed E-state index contributed by atoms with van der Waals surface area (Å²) in [7, 11) is -1.29. The Morgan fingerprint density at radius 2 is 1.90 bits per heavy atom. The van der Waals surface area contributed by atoms with Gasteiger partial charge in [0.1, 0.15) is 0 Å². The fourth-order valence-corrected chi connectivity index (χ4v) is 5.44. The van der Waals surface area contributed by atoms with Crippen molar-refractivity contribution in [3.8, 4) is 0 Å². The molecule has 0 aromatic carbocycles. The third-order valence-corrected chi connectivity index (χ3v) is 7.00. The van der Waals surface area contributed by atoms with Crippen LogP contribution in [-0.2, 0) is 10.2 Å². The van der Waals surface area contributed by atoms with E-state index in [1.807, 2.05) is 0 Å². The van der Waals surface area contributed by atoms with Gasteiger partial charge in [0.25, 0.3) is 10.2 Å². The van der Waals surface area contributed by atoms with Crippen molar-refractivity contribution in [3.05, 3.63) is 0 Å². The molecule has 0 bridgehead atoms. The number of likely N-dealkylation sites (N-methyl/N-ethyl adjacent to an activating group) is 1. The van der Waals surface area contributed by atoms with E-state index in [2.05, 4.69) is 18.9 Å². The number of piperidine rings is 1. The number of nitrogens with zero attached hydrogens (tertiary/aromatic N) is 3. The molecule has 0 N–H and O–H groups in total. The minimum absolute atomic E-state index is 0.0323. The van der Waals surface area contributed by atoms with Crippen LogP contribution in [0.25, 0.3) is 0 Å². The lowest BCUT2D eigenvalue weighted by molar-refractivity contribution is 0.134. The van der Waals surface area contributed by atoms with Gasteiger partial charge in [-0.3, -0.25) is 0 Å². The van der Waals surface area contributed by atoms with Gasteiger partial charge in [0.15, 0.2) is 0 Å². The molecule has 0 amide bonds. The van der Waals surface area contributed by atoms with Crippen molar-refractivity contribution in [2.75, 3.05) is 39.1 Å². The topological polar surface area (TPSA) is 43.9 Å². The molecule has 5 nitrogen and oxygen atoms in total. The molecule has 0 spiro atoms. The Kier molecular flexibility index (Phi) is 5.71. The van der Waals surface area contributed by atoms with E-state index in [0.717, 1.165) is 32.2 Å². The summed E-state index contributed by atoms with van der Waals surface area (Å²) in [5.74, 6) is 0.393. The Morgan fingerprint density at radius 3 is 2.55 bits per heavy atom. The maximum absolute atomic E-state index is 12.9. The fourth-order valence-electron chi connectivity index (χ4n) is 3.15. The predicted molar refractivity (Wildman–Crippen MR) is 82.3 cm³/mol. The molecule has 2 aliphatic heterocycles. The molecule has 0 radical (unpaired) electrons. The van der Waals surface area contributed by atoms with Crippen LogP contribution in [0.15, 0.2) is 0 Å². The van der Waals surface area contributed by atoms with Crippen molar-refractivity contribution in [1.82, 2.24) is 13.5 Å². The van der Waals surface area contributed by atoms with Crippen LogP contribution in [0.1, 0.15) is 32.6 Å². The minimum atomic E-state index is -3.36. The highest BCUT2D eigenvalue weighted by Crippen LogP contribution is 2.25. The molecule has 0 aromatic heterocycles. The lowest BCUT2D eigenvalue weighted by Gasteiger charge is -2.42. The van der Waals surface area contributed by atoms with E-state index in [-0.39, 0.29) is 6.04 Å². The summed E-state index contributed by atoms with van der Waals surface area (Å²) in [6.45, 7) is 4.71. The van der Waals surface area contributed by atoms with Crippen LogP contribution in [0.2, 0.25) is 0 Å². The van der Waals surface area contributed by atoms with Crippen LogP contribution in [-0.4, -0.2) is 73.1 Å². The summed E-state index contributed by atoms with van der Waals surface area (Å²) in [6, 6.07) is 0.285. The summed E-state index contributed by atoms with van der Waals surface area (Å²) in [4.78, 5) is 2.25. The summed E-state index contributed by atoms with van der Waals surface area (Å²) in [5.41, 5.74) is 0. The van der Waals surface area contributed by atoms with Gasteiger partial charge < -0.3 is 4.90 Å². The maximum atomic E-state index is 12.9. The Bertz CT molecular complexity index is 418. The largest absolute Gasteiger partial charge is 0.301 e. The van der Waals surface area contributed by atoms with Crippen LogP contribution in [0.3, 0.4) is 0 Å². The van der Waals surface area contributed by atoms with Gasteiger partial charge >= 0.3 is 0 Å². The molecule has 0 aromatic rings. The first-order chi connectivity index (χ1) is 9.50. The van der Waals surface area contributed by atoms with E-state index in [4.69, 9.17) is 11.6 Å². The summed E-state index contributed by atoms with van der Waals surface area (Å²) in [6.07, 6.45) is 3.87. The number of halogens is 1. The first-order valence-corrected chi connectivity index (χ1v) is 9.47. The van der Waals surface area contributed by atoms with Crippen LogP contribution < -0.4 is 0 Å². The standard InChI is InChI=1S/C13H26ClN3O2S/c1-3-12-11-16(9-8-15(12)2)20(18,19)17-7-5-4-6-13(17)10-14/h12-13H,3-11H2,1-2H3. The van der Waals surface area contributed by atoms with Gasteiger partial charge in [0.05, 0.1) is 0 Å². The number of hydrogen-bond donors (Lipinski definition) is 0. The normalized spacial score (nSPS) is 31.6. The monoisotopic (exact) mass is 323 g/mol.